The van der Waals surface area contributed by atoms with Gasteiger partial charge >= 0.3 is 0 Å². The summed E-state index contributed by atoms with van der Waals surface area (Å²) in [5.74, 6) is -0.474. The Balaban J connectivity index is 1.64. The predicted molar refractivity (Wildman–Crippen MR) is 107 cm³/mol. The number of nitrogens with zero attached hydrogens (tertiary/aromatic N) is 3. The first-order chi connectivity index (χ1) is 13.5. The molecule has 0 saturated carbocycles. The van der Waals surface area contributed by atoms with Crippen LogP contribution in [0.4, 0.5) is 9.52 Å². The van der Waals surface area contributed by atoms with Gasteiger partial charge in [-0.15, -0.1) is 0 Å². The number of anilines is 1. The monoisotopic (exact) mass is 394 g/mol. The van der Waals surface area contributed by atoms with E-state index in [1.54, 1.807) is 6.92 Å². The van der Waals surface area contributed by atoms with Gasteiger partial charge in [0.15, 0.2) is 5.13 Å². The van der Waals surface area contributed by atoms with E-state index in [0.29, 0.717) is 22.2 Å². The van der Waals surface area contributed by atoms with Gasteiger partial charge in [-0.1, -0.05) is 23.5 Å². The van der Waals surface area contributed by atoms with Gasteiger partial charge in [0.1, 0.15) is 18.2 Å². The lowest BCUT2D eigenvalue weighted by Gasteiger charge is -2.12. The van der Waals surface area contributed by atoms with Crippen molar-refractivity contribution in [2.75, 3.05) is 5.32 Å². The summed E-state index contributed by atoms with van der Waals surface area (Å²) in [7, 11) is 0. The Morgan fingerprint density at radius 2 is 1.89 bits per heavy atom. The molecule has 1 N–H and O–H groups in total. The molecule has 0 aliphatic rings. The Hall–Kier alpha value is -3.39. The summed E-state index contributed by atoms with van der Waals surface area (Å²) < 4.78 is 15.5. The third-order valence-electron chi connectivity index (χ3n) is 4.08. The van der Waals surface area contributed by atoms with Gasteiger partial charge < -0.3 is 5.32 Å². The number of hydrogen-bond donors (Lipinski definition) is 1. The summed E-state index contributed by atoms with van der Waals surface area (Å²) in [6.07, 6.45) is 0. The first kappa shape index (κ1) is 18.0. The van der Waals surface area contributed by atoms with Crippen LogP contribution in [-0.2, 0) is 11.3 Å². The summed E-state index contributed by atoms with van der Waals surface area (Å²) in [6, 6.07) is 14.5. The first-order valence-corrected chi connectivity index (χ1v) is 9.31. The lowest BCUT2D eigenvalue weighted by atomic mass is 10.2. The molecular weight excluding hydrogens is 379 g/mol. The number of thiazole rings is 1. The number of aryl methyl sites for hydroxylation is 1. The number of fused-ring (bicyclic) bond motifs is 1. The van der Waals surface area contributed by atoms with E-state index in [9.17, 15) is 14.0 Å². The third kappa shape index (κ3) is 3.67. The molecule has 2 aromatic carbocycles. The van der Waals surface area contributed by atoms with Crippen molar-refractivity contribution < 1.29 is 9.18 Å². The van der Waals surface area contributed by atoms with Crippen LogP contribution in [0.1, 0.15) is 5.69 Å². The number of benzene rings is 2. The van der Waals surface area contributed by atoms with Crippen molar-refractivity contribution in [2.24, 2.45) is 0 Å². The molecule has 0 aliphatic carbocycles. The Kier molecular flexibility index (Phi) is 4.70. The van der Waals surface area contributed by atoms with E-state index in [4.69, 9.17) is 0 Å². The minimum atomic E-state index is -0.393. The molecule has 6 nitrogen and oxygen atoms in total. The highest BCUT2D eigenvalue weighted by molar-refractivity contribution is 7.22. The normalized spacial score (nSPS) is 10.9. The lowest BCUT2D eigenvalue weighted by Crippen LogP contribution is -2.29. The minimum absolute atomic E-state index is 0.227. The molecule has 0 radical (unpaired) electrons. The van der Waals surface area contributed by atoms with Gasteiger partial charge in [0.25, 0.3) is 5.56 Å². The smallest absolute Gasteiger partial charge is 0.254 e. The van der Waals surface area contributed by atoms with E-state index in [1.807, 2.05) is 24.3 Å². The maximum atomic E-state index is 13.2. The summed E-state index contributed by atoms with van der Waals surface area (Å²) in [4.78, 5) is 33.8. The highest BCUT2D eigenvalue weighted by atomic mass is 32.1. The van der Waals surface area contributed by atoms with Gasteiger partial charge in [0.05, 0.1) is 10.2 Å². The number of hydrogen-bond acceptors (Lipinski definition) is 5. The van der Waals surface area contributed by atoms with Crippen molar-refractivity contribution in [2.45, 2.75) is 13.5 Å². The molecular formula is C20H15FN4O2S. The number of carbonyl (C=O) groups excluding carboxylic acids is 1. The fourth-order valence-corrected chi connectivity index (χ4v) is 3.70. The zero-order valence-corrected chi connectivity index (χ0v) is 15.7. The molecule has 28 heavy (non-hydrogen) atoms. The topological polar surface area (TPSA) is 76.9 Å². The van der Waals surface area contributed by atoms with Gasteiger partial charge in [0.2, 0.25) is 5.91 Å². The number of aromatic nitrogens is 3. The van der Waals surface area contributed by atoms with Crippen molar-refractivity contribution in [3.63, 3.8) is 0 Å². The van der Waals surface area contributed by atoms with Gasteiger partial charge in [0, 0.05) is 17.3 Å². The molecule has 0 spiro atoms. The van der Waals surface area contributed by atoms with E-state index < -0.39 is 5.91 Å². The molecule has 140 valence electrons. The maximum Gasteiger partial charge on any atom is 0.254 e. The van der Waals surface area contributed by atoms with Crippen LogP contribution in [0.2, 0.25) is 0 Å². The van der Waals surface area contributed by atoms with Crippen LogP contribution in [0.25, 0.3) is 21.6 Å². The fourth-order valence-electron chi connectivity index (χ4n) is 2.82. The van der Waals surface area contributed by atoms with Gasteiger partial charge in [-0.3, -0.25) is 14.2 Å². The standard InChI is InChI=1S/C20H15FN4O2S/c1-12-10-18(27)25(19(22-12)13-6-8-14(21)9-7-13)11-17(26)24-20-23-15-4-2-3-5-16(15)28-20/h2-10H,11H2,1H3,(H,23,24,26). The molecule has 2 aromatic heterocycles. The largest absolute Gasteiger partial charge is 0.300 e. The Labute approximate surface area is 163 Å². The zero-order valence-electron chi connectivity index (χ0n) is 14.8. The van der Waals surface area contributed by atoms with Crippen LogP contribution < -0.4 is 10.9 Å². The molecule has 4 aromatic rings. The molecule has 0 bridgehead atoms. The van der Waals surface area contributed by atoms with Crippen molar-refractivity contribution >= 4 is 32.6 Å². The van der Waals surface area contributed by atoms with Crippen LogP contribution in [0, 0.1) is 12.7 Å². The third-order valence-corrected chi connectivity index (χ3v) is 5.03. The first-order valence-electron chi connectivity index (χ1n) is 8.49. The molecule has 8 heteroatoms. The van der Waals surface area contributed by atoms with E-state index >= 15 is 0 Å². The Morgan fingerprint density at radius 3 is 2.64 bits per heavy atom. The van der Waals surface area contributed by atoms with Crippen molar-refractivity contribution in [3.8, 4) is 11.4 Å². The molecule has 0 aliphatic heterocycles. The number of halogens is 1. The second kappa shape index (κ2) is 7.32. The highest BCUT2D eigenvalue weighted by Crippen LogP contribution is 2.25. The van der Waals surface area contributed by atoms with E-state index in [2.05, 4.69) is 15.3 Å². The van der Waals surface area contributed by atoms with Gasteiger partial charge in [-0.2, -0.15) is 0 Å². The van der Waals surface area contributed by atoms with Crippen molar-refractivity contribution in [1.29, 1.82) is 0 Å². The second-order valence-electron chi connectivity index (χ2n) is 6.19. The quantitative estimate of drug-likeness (QED) is 0.574. The molecule has 4 rings (SSSR count). The lowest BCUT2D eigenvalue weighted by molar-refractivity contribution is -0.116. The van der Waals surface area contributed by atoms with Gasteiger partial charge in [-0.05, 0) is 43.3 Å². The molecule has 0 saturated heterocycles. The number of nitrogens with one attached hydrogen (secondary N) is 1. The average Bonchev–Trinajstić information content (AvgIpc) is 3.06. The van der Waals surface area contributed by atoms with Crippen LogP contribution in [0.15, 0.2) is 59.4 Å². The highest BCUT2D eigenvalue weighted by Gasteiger charge is 2.14. The number of amides is 1. The summed E-state index contributed by atoms with van der Waals surface area (Å²) >= 11 is 1.36. The average molecular weight is 394 g/mol. The van der Waals surface area contributed by atoms with E-state index in [0.717, 1.165) is 10.2 Å². The predicted octanol–water partition coefficient (Wildman–Crippen LogP) is 3.61. The Morgan fingerprint density at radius 1 is 1.14 bits per heavy atom. The second-order valence-corrected chi connectivity index (χ2v) is 7.22. The SMILES string of the molecule is Cc1cc(=O)n(CC(=O)Nc2nc3ccccc3s2)c(-c2ccc(F)cc2)n1. The van der Waals surface area contributed by atoms with Crippen LogP contribution >= 0.6 is 11.3 Å². The number of para-hydroxylation sites is 1. The molecule has 0 atom stereocenters. The van der Waals surface area contributed by atoms with E-state index in [-0.39, 0.29) is 17.9 Å². The summed E-state index contributed by atoms with van der Waals surface area (Å²) in [6.45, 7) is 1.47. The maximum absolute atomic E-state index is 13.2. The van der Waals surface area contributed by atoms with Crippen LogP contribution in [-0.4, -0.2) is 20.4 Å². The fraction of sp³-hybridized carbons (Fsp3) is 0.100. The van der Waals surface area contributed by atoms with Crippen molar-refractivity contribution in [3.05, 3.63) is 76.5 Å². The summed E-state index contributed by atoms with van der Waals surface area (Å²) in [5, 5.41) is 3.19. The van der Waals surface area contributed by atoms with E-state index in [1.165, 1.54) is 46.2 Å². The summed E-state index contributed by atoms with van der Waals surface area (Å²) in [5.41, 5.74) is 1.51. The minimum Gasteiger partial charge on any atom is -0.300 e. The molecule has 0 unspecified atom stereocenters. The van der Waals surface area contributed by atoms with Gasteiger partial charge in [-0.25, -0.2) is 14.4 Å². The van der Waals surface area contributed by atoms with Crippen molar-refractivity contribution in [1.82, 2.24) is 14.5 Å². The Bertz CT molecular complexity index is 1200. The van der Waals surface area contributed by atoms with Crippen LogP contribution in [0.3, 0.4) is 0 Å². The number of carbonyl (C=O) groups is 1. The molecule has 2 heterocycles. The molecule has 1 amide bonds. The van der Waals surface area contributed by atoms with Crippen LogP contribution in [0.5, 0.6) is 0 Å². The molecule has 0 fully saturated rings. The zero-order chi connectivity index (χ0) is 19.7. The number of rotatable bonds is 4.